The summed E-state index contributed by atoms with van der Waals surface area (Å²) >= 11 is 0. The predicted octanol–water partition coefficient (Wildman–Crippen LogP) is 3.89. The number of fused-ring (bicyclic) bond motifs is 1. The number of nitrogens with one attached hydrogen (secondary N) is 1. The average molecular weight is 449 g/mol. The average Bonchev–Trinajstić information content (AvgIpc) is 2.86. The molecular weight excluding hydrogens is 416 g/mol. The smallest absolute Gasteiger partial charge is 0.265 e. The molecule has 0 unspecified atom stereocenters. The summed E-state index contributed by atoms with van der Waals surface area (Å²) in [6, 6.07) is 5.39. The van der Waals surface area contributed by atoms with E-state index in [1.54, 1.807) is 6.20 Å². The van der Waals surface area contributed by atoms with Gasteiger partial charge in [-0.1, -0.05) is 39.0 Å². The maximum absolute atomic E-state index is 13.3. The van der Waals surface area contributed by atoms with E-state index in [2.05, 4.69) is 39.0 Å². The number of nitrogens with zero attached hydrogens (tertiary/aromatic N) is 5. The fraction of sp³-hybridized carbons (Fsp3) is 0.480. The topological polar surface area (TPSA) is 93.0 Å². The second kappa shape index (κ2) is 10.1. The summed E-state index contributed by atoms with van der Waals surface area (Å²) in [7, 11) is 0. The number of aromatic nitrogens is 4. The number of hydrogen-bond donors (Lipinski definition) is 1. The number of rotatable bonds is 7. The van der Waals surface area contributed by atoms with Gasteiger partial charge >= 0.3 is 0 Å². The molecule has 0 radical (unpaired) electrons. The van der Waals surface area contributed by atoms with Crippen LogP contribution in [0.4, 0.5) is 11.6 Å². The molecule has 1 N–H and O–H groups in total. The summed E-state index contributed by atoms with van der Waals surface area (Å²) in [5, 5.41) is 3.42. The van der Waals surface area contributed by atoms with E-state index in [1.807, 2.05) is 25.1 Å². The first-order valence-electron chi connectivity index (χ1n) is 12.0. The molecule has 1 fully saturated rings. The molecule has 174 valence electrons. The SMILES string of the molecule is CCc1cccc(CC)c1NC(=O)[C@@H](CC)n1cnc2nc(N3CCCCC3)ncc2c1=O. The van der Waals surface area contributed by atoms with Crippen molar-refractivity contribution in [3.05, 3.63) is 52.2 Å². The number of para-hydroxylation sites is 1. The van der Waals surface area contributed by atoms with Crippen LogP contribution in [-0.2, 0) is 17.6 Å². The lowest BCUT2D eigenvalue weighted by Gasteiger charge is -2.26. The van der Waals surface area contributed by atoms with Crippen LogP contribution < -0.4 is 15.8 Å². The first-order chi connectivity index (χ1) is 16.1. The Morgan fingerprint density at radius 3 is 2.39 bits per heavy atom. The lowest BCUT2D eigenvalue weighted by Crippen LogP contribution is -2.34. The van der Waals surface area contributed by atoms with Crippen molar-refractivity contribution in [2.24, 2.45) is 0 Å². The van der Waals surface area contributed by atoms with Gasteiger partial charge in [0, 0.05) is 25.0 Å². The van der Waals surface area contributed by atoms with Gasteiger partial charge < -0.3 is 10.2 Å². The van der Waals surface area contributed by atoms with Crippen molar-refractivity contribution in [3.63, 3.8) is 0 Å². The van der Waals surface area contributed by atoms with Crippen molar-refractivity contribution in [2.45, 2.75) is 65.3 Å². The zero-order valence-corrected chi connectivity index (χ0v) is 19.7. The number of anilines is 2. The Hall–Kier alpha value is -3.29. The van der Waals surface area contributed by atoms with Gasteiger partial charge in [0.25, 0.3) is 5.56 Å². The molecule has 2 aromatic heterocycles. The van der Waals surface area contributed by atoms with Crippen LogP contribution in [0.2, 0.25) is 0 Å². The van der Waals surface area contributed by atoms with Crippen LogP contribution >= 0.6 is 0 Å². The highest BCUT2D eigenvalue weighted by molar-refractivity contribution is 5.95. The third-order valence-electron chi connectivity index (χ3n) is 6.44. The van der Waals surface area contributed by atoms with Crippen LogP contribution in [0.1, 0.15) is 63.6 Å². The number of carbonyl (C=O) groups is 1. The monoisotopic (exact) mass is 448 g/mol. The number of amides is 1. The maximum Gasteiger partial charge on any atom is 0.265 e. The molecule has 1 saturated heterocycles. The minimum Gasteiger partial charge on any atom is -0.341 e. The molecule has 1 amide bonds. The highest BCUT2D eigenvalue weighted by atomic mass is 16.2. The number of aryl methyl sites for hydroxylation is 2. The molecule has 33 heavy (non-hydrogen) atoms. The van der Waals surface area contributed by atoms with E-state index in [0.717, 1.165) is 55.6 Å². The molecule has 0 saturated carbocycles. The molecule has 0 aliphatic carbocycles. The summed E-state index contributed by atoms with van der Waals surface area (Å²) in [4.78, 5) is 42.1. The Kier molecular flexibility index (Phi) is 7.01. The van der Waals surface area contributed by atoms with Crippen LogP contribution in [0.3, 0.4) is 0 Å². The third-order valence-corrected chi connectivity index (χ3v) is 6.44. The minimum absolute atomic E-state index is 0.220. The quantitative estimate of drug-likeness (QED) is 0.589. The van der Waals surface area contributed by atoms with Gasteiger partial charge in [0.15, 0.2) is 5.65 Å². The molecule has 0 spiro atoms. The second-order valence-electron chi connectivity index (χ2n) is 8.48. The van der Waals surface area contributed by atoms with Crippen molar-refractivity contribution in [1.29, 1.82) is 0 Å². The predicted molar refractivity (Wildman–Crippen MR) is 131 cm³/mol. The molecule has 8 heteroatoms. The minimum atomic E-state index is -0.675. The molecule has 1 aromatic carbocycles. The van der Waals surface area contributed by atoms with Crippen LogP contribution in [0.25, 0.3) is 11.0 Å². The summed E-state index contributed by atoms with van der Waals surface area (Å²) in [5.41, 5.74) is 3.08. The van der Waals surface area contributed by atoms with Crippen molar-refractivity contribution < 1.29 is 4.79 Å². The van der Waals surface area contributed by atoms with E-state index >= 15 is 0 Å². The molecule has 3 aromatic rings. The van der Waals surface area contributed by atoms with Crippen LogP contribution in [-0.4, -0.2) is 38.5 Å². The normalized spacial score (nSPS) is 14.9. The molecule has 4 rings (SSSR count). The van der Waals surface area contributed by atoms with E-state index in [-0.39, 0.29) is 11.5 Å². The Balaban J connectivity index is 1.65. The third kappa shape index (κ3) is 4.60. The summed E-state index contributed by atoms with van der Waals surface area (Å²) < 4.78 is 1.40. The van der Waals surface area contributed by atoms with Crippen LogP contribution in [0.5, 0.6) is 0 Å². The van der Waals surface area contributed by atoms with Crippen LogP contribution in [0, 0.1) is 0 Å². The van der Waals surface area contributed by atoms with E-state index in [9.17, 15) is 9.59 Å². The second-order valence-corrected chi connectivity index (χ2v) is 8.48. The Bertz CT molecular complexity index is 1180. The fourth-order valence-corrected chi connectivity index (χ4v) is 4.51. The van der Waals surface area contributed by atoms with Gasteiger partial charge in [0.1, 0.15) is 17.8 Å². The molecule has 1 aliphatic rings. The first-order valence-corrected chi connectivity index (χ1v) is 12.0. The molecule has 3 heterocycles. The fourth-order valence-electron chi connectivity index (χ4n) is 4.51. The molecule has 1 aliphatic heterocycles. The standard InChI is InChI=1S/C25H32N6O2/c1-4-17-11-10-12-18(5-2)21(17)28-23(32)20(6-3)31-16-27-22-19(24(31)33)15-26-25(29-22)30-13-8-7-9-14-30/h10-12,15-16,20H,4-9,13-14H2,1-3H3,(H,28,32)/t20-/m1/s1. The highest BCUT2D eigenvalue weighted by Gasteiger charge is 2.23. The number of hydrogen-bond acceptors (Lipinski definition) is 6. The molecule has 1 atom stereocenters. The zero-order valence-electron chi connectivity index (χ0n) is 19.7. The van der Waals surface area contributed by atoms with E-state index in [4.69, 9.17) is 0 Å². The summed E-state index contributed by atoms with van der Waals surface area (Å²) in [6.45, 7) is 7.86. The molecule has 0 bridgehead atoms. The highest BCUT2D eigenvalue weighted by Crippen LogP contribution is 2.24. The van der Waals surface area contributed by atoms with E-state index < -0.39 is 6.04 Å². The first kappa shape index (κ1) is 22.9. The van der Waals surface area contributed by atoms with Crippen molar-refractivity contribution >= 4 is 28.6 Å². The number of carbonyl (C=O) groups excluding carboxylic acids is 1. The number of benzene rings is 1. The number of piperidine rings is 1. The lowest BCUT2D eigenvalue weighted by atomic mass is 10.0. The zero-order chi connectivity index (χ0) is 23.4. The van der Waals surface area contributed by atoms with Crippen molar-refractivity contribution in [2.75, 3.05) is 23.3 Å². The van der Waals surface area contributed by atoms with Gasteiger partial charge in [-0.3, -0.25) is 14.2 Å². The van der Waals surface area contributed by atoms with Gasteiger partial charge in [-0.05, 0) is 49.7 Å². The van der Waals surface area contributed by atoms with Crippen molar-refractivity contribution in [3.8, 4) is 0 Å². The summed E-state index contributed by atoms with van der Waals surface area (Å²) in [5.74, 6) is 0.391. The Morgan fingerprint density at radius 2 is 1.76 bits per heavy atom. The molecule has 8 nitrogen and oxygen atoms in total. The lowest BCUT2D eigenvalue weighted by molar-refractivity contribution is -0.119. The Labute approximate surface area is 194 Å². The maximum atomic E-state index is 13.3. The van der Waals surface area contributed by atoms with Gasteiger partial charge in [-0.25, -0.2) is 9.97 Å². The van der Waals surface area contributed by atoms with E-state index in [1.165, 1.54) is 17.3 Å². The van der Waals surface area contributed by atoms with Gasteiger partial charge in [0.2, 0.25) is 11.9 Å². The van der Waals surface area contributed by atoms with Gasteiger partial charge in [0.05, 0.1) is 0 Å². The summed E-state index contributed by atoms with van der Waals surface area (Å²) in [6.07, 6.45) is 8.53. The molecular formula is C25H32N6O2. The van der Waals surface area contributed by atoms with Crippen LogP contribution in [0.15, 0.2) is 35.5 Å². The Morgan fingerprint density at radius 1 is 1.06 bits per heavy atom. The van der Waals surface area contributed by atoms with Gasteiger partial charge in [-0.2, -0.15) is 4.98 Å². The van der Waals surface area contributed by atoms with E-state index in [0.29, 0.717) is 23.4 Å². The van der Waals surface area contributed by atoms with Gasteiger partial charge in [-0.15, -0.1) is 0 Å². The van der Waals surface area contributed by atoms with Crippen molar-refractivity contribution in [1.82, 2.24) is 19.5 Å². The largest absolute Gasteiger partial charge is 0.341 e.